The molecular weight excluding hydrogens is 436 g/mol. The van der Waals surface area contributed by atoms with Crippen LogP contribution < -0.4 is 10.6 Å². The normalized spacial score (nSPS) is 16.7. The van der Waals surface area contributed by atoms with Crippen LogP contribution in [0.1, 0.15) is 22.0 Å². The number of nitrogens with one attached hydrogen (secondary N) is 3. The number of H-pyrrole nitrogens is 1. The van der Waals surface area contributed by atoms with Crippen LogP contribution >= 0.6 is 11.3 Å². The minimum absolute atomic E-state index is 0.330. The van der Waals surface area contributed by atoms with Gasteiger partial charge in [0, 0.05) is 28.4 Å². The smallest absolute Gasteiger partial charge is 0.325 e. The van der Waals surface area contributed by atoms with Gasteiger partial charge in [-0.25, -0.2) is 4.79 Å². The van der Waals surface area contributed by atoms with Crippen molar-refractivity contribution in [3.63, 3.8) is 0 Å². The van der Waals surface area contributed by atoms with Crippen LogP contribution in [0.2, 0.25) is 0 Å². The first-order valence-electron chi connectivity index (χ1n) is 10.6. The first-order valence-corrected chi connectivity index (χ1v) is 11.5. The van der Waals surface area contributed by atoms with Crippen molar-refractivity contribution in [1.29, 1.82) is 0 Å². The number of thiophene rings is 1. The molecule has 5 rings (SSSR count). The number of urea groups is 1. The van der Waals surface area contributed by atoms with E-state index in [9.17, 15) is 14.4 Å². The number of fused-ring (bicyclic) bond motifs is 1. The average Bonchev–Trinajstić information content (AvgIpc) is 3.56. The van der Waals surface area contributed by atoms with Gasteiger partial charge in [-0.3, -0.25) is 14.5 Å². The molecule has 1 aliphatic heterocycles. The van der Waals surface area contributed by atoms with Gasteiger partial charge in [-0.15, -0.1) is 11.3 Å². The number of carbonyl (C=O) groups excluding carboxylic acids is 3. The monoisotopic (exact) mass is 458 g/mol. The highest BCUT2D eigenvalue weighted by molar-refractivity contribution is 7.10. The SMILES string of the molecule is O=C(CN1C(=O)N[C@@H](Cc2c[nH]c3ccccc23)C1=O)N[C@H](c1ccccc1)c1cccs1. The highest BCUT2D eigenvalue weighted by Gasteiger charge is 2.39. The van der Waals surface area contributed by atoms with E-state index in [1.807, 2.05) is 78.3 Å². The van der Waals surface area contributed by atoms with Crippen molar-refractivity contribution in [2.45, 2.75) is 18.5 Å². The number of para-hydroxylation sites is 1. The van der Waals surface area contributed by atoms with E-state index in [0.29, 0.717) is 6.42 Å². The molecule has 4 aromatic rings. The topological polar surface area (TPSA) is 94.3 Å². The molecule has 0 bridgehead atoms. The van der Waals surface area contributed by atoms with Crippen LogP contribution in [0.15, 0.2) is 78.3 Å². The van der Waals surface area contributed by atoms with E-state index in [4.69, 9.17) is 0 Å². The molecule has 33 heavy (non-hydrogen) atoms. The Balaban J connectivity index is 1.28. The lowest BCUT2D eigenvalue weighted by Gasteiger charge is -2.20. The highest BCUT2D eigenvalue weighted by atomic mass is 32.1. The predicted molar refractivity (Wildman–Crippen MR) is 127 cm³/mol. The Bertz CT molecular complexity index is 1300. The van der Waals surface area contributed by atoms with Crippen LogP contribution in [-0.2, 0) is 16.0 Å². The molecule has 0 radical (unpaired) electrons. The molecule has 3 N–H and O–H groups in total. The summed E-state index contributed by atoms with van der Waals surface area (Å²) in [5, 5.41) is 8.66. The fourth-order valence-electron chi connectivity index (χ4n) is 4.16. The second kappa shape index (κ2) is 8.91. The Kier molecular flexibility index (Phi) is 5.66. The third-order valence-corrected chi connectivity index (χ3v) is 6.71. The summed E-state index contributed by atoms with van der Waals surface area (Å²) in [6.45, 7) is -0.330. The van der Waals surface area contributed by atoms with Gasteiger partial charge in [-0.2, -0.15) is 0 Å². The molecule has 2 aromatic heterocycles. The first-order chi connectivity index (χ1) is 16.1. The van der Waals surface area contributed by atoms with Gasteiger partial charge in [0.25, 0.3) is 5.91 Å². The zero-order valence-corrected chi connectivity index (χ0v) is 18.5. The minimum atomic E-state index is -0.702. The van der Waals surface area contributed by atoms with Gasteiger partial charge < -0.3 is 15.6 Å². The molecule has 1 saturated heterocycles. The Morgan fingerprint density at radius 1 is 1.03 bits per heavy atom. The van der Waals surface area contributed by atoms with Crippen LogP contribution in [0, 0.1) is 0 Å². The summed E-state index contributed by atoms with van der Waals surface area (Å²) in [5.74, 6) is -0.790. The number of hydrogen-bond acceptors (Lipinski definition) is 4. The quantitative estimate of drug-likeness (QED) is 0.370. The molecule has 0 aliphatic carbocycles. The molecule has 0 unspecified atom stereocenters. The summed E-state index contributed by atoms with van der Waals surface area (Å²) >= 11 is 1.54. The maximum Gasteiger partial charge on any atom is 0.325 e. The molecule has 7 nitrogen and oxygen atoms in total. The fourth-order valence-corrected chi connectivity index (χ4v) is 4.96. The Morgan fingerprint density at radius 3 is 2.61 bits per heavy atom. The molecule has 2 aromatic carbocycles. The second-order valence-corrected chi connectivity index (χ2v) is 8.90. The lowest BCUT2D eigenvalue weighted by molar-refractivity contribution is -0.132. The Morgan fingerprint density at radius 2 is 1.82 bits per heavy atom. The lowest BCUT2D eigenvalue weighted by atomic mass is 10.0. The lowest BCUT2D eigenvalue weighted by Crippen LogP contribution is -2.42. The van der Waals surface area contributed by atoms with Crippen molar-refractivity contribution in [3.8, 4) is 0 Å². The summed E-state index contributed by atoms with van der Waals surface area (Å²) < 4.78 is 0. The van der Waals surface area contributed by atoms with E-state index in [1.54, 1.807) is 0 Å². The maximum atomic E-state index is 13.0. The van der Waals surface area contributed by atoms with E-state index < -0.39 is 23.9 Å². The number of aromatic amines is 1. The molecule has 2 atom stereocenters. The second-order valence-electron chi connectivity index (χ2n) is 7.92. The molecule has 8 heteroatoms. The fraction of sp³-hybridized carbons (Fsp3) is 0.160. The zero-order valence-electron chi connectivity index (χ0n) is 17.7. The number of nitrogens with zero attached hydrogens (tertiary/aromatic N) is 1. The highest BCUT2D eigenvalue weighted by Crippen LogP contribution is 2.26. The maximum absolute atomic E-state index is 13.0. The van der Waals surface area contributed by atoms with E-state index >= 15 is 0 Å². The van der Waals surface area contributed by atoms with Gasteiger partial charge in [-0.1, -0.05) is 54.6 Å². The minimum Gasteiger partial charge on any atom is -0.361 e. The van der Waals surface area contributed by atoms with Gasteiger partial charge in [0.05, 0.1) is 6.04 Å². The van der Waals surface area contributed by atoms with Crippen LogP contribution in [0.3, 0.4) is 0 Å². The average molecular weight is 459 g/mol. The number of benzene rings is 2. The van der Waals surface area contributed by atoms with Crippen molar-refractivity contribution in [3.05, 3.63) is 94.3 Å². The van der Waals surface area contributed by atoms with Crippen molar-refractivity contribution >= 4 is 40.1 Å². The van der Waals surface area contributed by atoms with E-state index in [1.165, 1.54) is 11.3 Å². The zero-order chi connectivity index (χ0) is 22.8. The number of amides is 4. The molecule has 0 spiro atoms. The molecule has 166 valence electrons. The third-order valence-electron chi connectivity index (χ3n) is 5.77. The number of imide groups is 1. The summed E-state index contributed by atoms with van der Waals surface area (Å²) in [6.07, 6.45) is 2.21. The molecular formula is C25H22N4O3S. The third kappa shape index (κ3) is 4.25. The summed E-state index contributed by atoms with van der Waals surface area (Å²) in [4.78, 5) is 43.5. The first kappa shape index (κ1) is 21.0. The van der Waals surface area contributed by atoms with Crippen molar-refractivity contribution in [1.82, 2.24) is 20.5 Å². The van der Waals surface area contributed by atoms with Gasteiger partial charge in [0.2, 0.25) is 5.91 Å². The van der Waals surface area contributed by atoms with E-state index in [-0.39, 0.29) is 12.6 Å². The number of rotatable bonds is 7. The predicted octanol–water partition coefficient (Wildman–Crippen LogP) is 3.60. The van der Waals surface area contributed by atoms with Gasteiger partial charge in [-0.05, 0) is 28.6 Å². The summed E-state index contributed by atoms with van der Waals surface area (Å²) in [7, 11) is 0. The van der Waals surface area contributed by atoms with Crippen molar-refractivity contribution in [2.24, 2.45) is 0 Å². The molecule has 0 saturated carbocycles. The molecule has 4 amide bonds. The Labute approximate surface area is 194 Å². The summed E-state index contributed by atoms with van der Waals surface area (Å²) in [5.41, 5.74) is 2.85. The molecule has 1 aliphatic rings. The van der Waals surface area contributed by atoms with Crippen molar-refractivity contribution in [2.75, 3.05) is 6.54 Å². The van der Waals surface area contributed by atoms with Gasteiger partial charge >= 0.3 is 6.03 Å². The summed E-state index contributed by atoms with van der Waals surface area (Å²) in [6, 6.07) is 19.7. The van der Waals surface area contributed by atoms with Crippen LogP contribution in [-0.4, -0.2) is 40.3 Å². The van der Waals surface area contributed by atoms with Gasteiger partial charge in [0.15, 0.2) is 0 Å². The van der Waals surface area contributed by atoms with E-state index in [0.717, 1.165) is 31.8 Å². The van der Waals surface area contributed by atoms with Crippen LogP contribution in [0.5, 0.6) is 0 Å². The molecule has 1 fully saturated rings. The van der Waals surface area contributed by atoms with Crippen LogP contribution in [0.25, 0.3) is 10.9 Å². The van der Waals surface area contributed by atoms with E-state index in [2.05, 4.69) is 15.6 Å². The van der Waals surface area contributed by atoms with Crippen molar-refractivity contribution < 1.29 is 14.4 Å². The molecule has 3 heterocycles. The van der Waals surface area contributed by atoms with Crippen LogP contribution in [0.4, 0.5) is 4.79 Å². The van der Waals surface area contributed by atoms with Gasteiger partial charge in [0.1, 0.15) is 12.6 Å². The standard InChI is InChI=1S/C25H22N4O3S/c30-22(28-23(21-11-6-12-33-21)16-7-2-1-3-8-16)15-29-24(31)20(27-25(29)32)13-17-14-26-19-10-5-4-9-18(17)19/h1-12,14,20,23,26H,13,15H2,(H,27,32)(H,28,30)/t20-,23+/m0/s1. The number of carbonyl (C=O) groups is 3. The Hall–Kier alpha value is -3.91. The number of aromatic nitrogens is 1. The number of hydrogen-bond donors (Lipinski definition) is 3. The largest absolute Gasteiger partial charge is 0.361 e.